The predicted octanol–water partition coefficient (Wildman–Crippen LogP) is 0.781. The van der Waals surface area contributed by atoms with Gasteiger partial charge in [-0.25, -0.2) is 4.79 Å². The van der Waals surface area contributed by atoms with E-state index >= 15 is 0 Å². The Morgan fingerprint density at radius 2 is 2.45 bits per heavy atom. The second kappa shape index (κ2) is 6.85. The molecule has 1 aliphatic rings. The zero-order valence-corrected chi connectivity index (χ0v) is 12.6. The van der Waals surface area contributed by atoms with Gasteiger partial charge in [-0.3, -0.25) is 9.58 Å². The number of nitrogens with one attached hydrogen (secondary N) is 1. The molecule has 1 aliphatic heterocycles. The van der Waals surface area contributed by atoms with Gasteiger partial charge in [-0.15, -0.1) is 0 Å². The van der Waals surface area contributed by atoms with Crippen molar-refractivity contribution < 1.29 is 9.53 Å². The minimum absolute atomic E-state index is 0.286. The summed E-state index contributed by atoms with van der Waals surface area (Å²) in [6.45, 7) is 5.01. The molecule has 1 aromatic heterocycles. The SMILES string of the molecule is CCOC(=O)c1cnn(C)c1CN(C)C1CCCNC1. The van der Waals surface area contributed by atoms with Gasteiger partial charge < -0.3 is 10.1 Å². The average molecular weight is 280 g/mol. The third-order valence-corrected chi connectivity index (χ3v) is 3.85. The first-order valence-electron chi connectivity index (χ1n) is 7.22. The Balaban J connectivity index is 2.07. The van der Waals surface area contributed by atoms with Crippen LogP contribution in [0, 0.1) is 0 Å². The highest BCUT2D eigenvalue weighted by Gasteiger charge is 2.22. The molecule has 1 N–H and O–H groups in total. The van der Waals surface area contributed by atoms with E-state index in [4.69, 9.17) is 4.74 Å². The Bertz CT molecular complexity index is 452. The molecule has 6 nitrogen and oxygen atoms in total. The lowest BCUT2D eigenvalue weighted by atomic mass is 10.1. The van der Waals surface area contributed by atoms with E-state index in [2.05, 4.69) is 22.4 Å². The Morgan fingerprint density at radius 1 is 1.65 bits per heavy atom. The molecule has 0 spiro atoms. The van der Waals surface area contributed by atoms with E-state index in [0.717, 1.165) is 18.8 Å². The van der Waals surface area contributed by atoms with Crippen LogP contribution < -0.4 is 5.32 Å². The van der Waals surface area contributed by atoms with Crippen LogP contribution in [0.3, 0.4) is 0 Å². The number of esters is 1. The van der Waals surface area contributed by atoms with Crippen molar-refractivity contribution >= 4 is 5.97 Å². The quantitative estimate of drug-likeness (QED) is 0.808. The second-order valence-electron chi connectivity index (χ2n) is 5.26. The number of hydrogen-bond donors (Lipinski definition) is 1. The Morgan fingerprint density at radius 3 is 3.10 bits per heavy atom. The van der Waals surface area contributed by atoms with Crippen molar-refractivity contribution in [1.82, 2.24) is 20.0 Å². The second-order valence-corrected chi connectivity index (χ2v) is 5.26. The highest BCUT2D eigenvalue weighted by atomic mass is 16.5. The number of nitrogens with zero attached hydrogens (tertiary/aromatic N) is 3. The van der Waals surface area contributed by atoms with Gasteiger partial charge in [0.05, 0.1) is 18.5 Å². The molecule has 1 fully saturated rings. The summed E-state index contributed by atoms with van der Waals surface area (Å²) >= 11 is 0. The van der Waals surface area contributed by atoms with E-state index in [9.17, 15) is 4.79 Å². The monoisotopic (exact) mass is 280 g/mol. The summed E-state index contributed by atoms with van der Waals surface area (Å²) in [5.74, 6) is -0.286. The molecule has 2 rings (SSSR count). The van der Waals surface area contributed by atoms with Gasteiger partial charge in [0.2, 0.25) is 0 Å². The standard InChI is InChI=1S/C14H24N4O2/c1-4-20-14(19)12-9-16-18(3)13(12)10-17(2)11-6-5-7-15-8-11/h9,11,15H,4-8,10H2,1-3H3. The van der Waals surface area contributed by atoms with Gasteiger partial charge in [0.25, 0.3) is 0 Å². The number of carbonyl (C=O) groups is 1. The van der Waals surface area contributed by atoms with Crippen LogP contribution in [0.5, 0.6) is 0 Å². The van der Waals surface area contributed by atoms with Crippen LogP contribution in [0.2, 0.25) is 0 Å². The Kier molecular flexibility index (Phi) is 5.14. The van der Waals surface area contributed by atoms with Crippen LogP contribution in [0.4, 0.5) is 0 Å². The fraction of sp³-hybridized carbons (Fsp3) is 0.714. The maximum Gasteiger partial charge on any atom is 0.341 e. The molecule has 0 saturated carbocycles. The number of aryl methyl sites for hydroxylation is 1. The smallest absolute Gasteiger partial charge is 0.341 e. The molecular formula is C14H24N4O2. The van der Waals surface area contributed by atoms with Gasteiger partial charge in [-0.2, -0.15) is 5.10 Å². The van der Waals surface area contributed by atoms with Crippen molar-refractivity contribution in [3.63, 3.8) is 0 Å². The third kappa shape index (κ3) is 3.37. The molecule has 1 aromatic rings. The van der Waals surface area contributed by atoms with Crippen LogP contribution in [-0.4, -0.2) is 53.4 Å². The third-order valence-electron chi connectivity index (χ3n) is 3.85. The van der Waals surface area contributed by atoms with E-state index in [1.165, 1.54) is 12.8 Å². The number of carbonyl (C=O) groups excluding carboxylic acids is 1. The molecule has 112 valence electrons. The highest BCUT2D eigenvalue weighted by Crippen LogP contribution is 2.16. The normalized spacial score (nSPS) is 19.3. The van der Waals surface area contributed by atoms with Crippen molar-refractivity contribution in [2.75, 3.05) is 26.7 Å². The highest BCUT2D eigenvalue weighted by molar-refractivity contribution is 5.90. The van der Waals surface area contributed by atoms with Crippen molar-refractivity contribution in [3.05, 3.63) is 17.5 Å². The first kappa shape index (κ1) is 15.0. The number of hydrogen-bond acceptors (Lipinski definition) is 5. The molecule has 0 amide bonds. The number of likely N-dealkylation sites (N-methyl/N-ethyl adjacent to an activating group) is 1. The van der Waals surface area contributed by atoms with Crippen molar-refractivity contribution in [1.29, 1.82) is 0 Å². The molecular weight excluding hydrogens is 256 g/mol. The van der Waals surface area contributed by atoms with Gasteiger partial charge in [0, 0.05) is 26.2 Å². The minimum atomic E-state index is -0.286. The minimum Gasteiger partial charge on any atom is -0.462 e. The fourth-order valence-electron chi connectivity index (χ4n) is 2.60. The van der Waals surface area contributed by atoms with E-state index in [-0.39, 0.29) is 5.97 Å². The van der Waals surface area contributed by atoms with Crippen LogP contribution in [0.15, 0.2) is 6.20 Å². The lowest BCUT2D eigenvalue weighted by Crippen LogP contribution is -2.44. The van der Waals surface area contributed by atoms with Crippen molar-refractivity contribution in [3.8, 4) is 0 Å². The molecule has 1 unspecified atom stereocenters. The van der Waals surface area contributed by atoms with E-state index in [0.29, 0.717) is 24.8 Å². The topological polar surface area (TPSA) is 59.4 Å². The van der Waals surface area contributed by atoms with Crippen LogP contribution >= 0.6 is 0 Å². The molecule has 0 bridgehead atoms. The zero-order valence-electron chi connectivity index (χ0n) is 12.6. The van der Waals surface area contributed by atoms with Gasteiger partial charge in [0.15, 0.2) is 0 Å². The molecule has 20 heavy (non-hydrogen) atoms. The molecule has 0 aliphatic carbocycles. The van der Waals surface area contributed by atoms with Gasteiger partial charge in [0.1, 0.15) is 5.56 Å². The van der Waals surface area contributed by atoms with Gasteiger partial charge in [-0.05, 0) is 33.4 Å². The van der Waals surface area contributed by atoms with Gasteiger partial charge >= 0.3 is 5.97 Å². The molecule has 0 aromatic carbocycles. The molecule has 6 heteroatoms. The molecule has 2 heterocycles. The number of ether oxygens (including phenoxy) is 1. The van der Waals surface area contributed by atoms with Crippen molar-refractivity contribution in [2.45, 2.75) is 32.4 Å². The summed E-state index contributed by atoms with van der Waals surface area (Å²) in [5.41, 5.74) is 1.49. The summed E-state index contributed by atoms with van der Waals surface area (Å²) in [6, 6.07) is 0.508. The van der Waals surface area contributed by atoms with E-state index < -0.39 is 0 Å². The largest absolute Gasteiger partial charge is 0.462 e. The lowest BCUT2D eigenvalue weighted by Gasteiger charge is -2.31. The predicted molar refractivity (Wildman–Crippen MR) is 76.5 cm³/mol. The number of aromatic nitrogens is 2. The molecule has 1 atom stereocenters. The Labute approximate surface area is 120 Å². The lowest BCUT2D eigenvalue weighted by molar-refractivity contribution is 0.0523. The summed E-state index contributed by atoms with van der Waals surface area (Å²) in [6.07, 6.45) is 3.99. The Hall–Kier alpha value is -1.40. The van der Waals surface area contributed by atoms with E-state index in [1.54, 1.807) is 10.9 Å². The first-order valence-corrected chi connectivity index (χ1v) is 7.22. The van der Waals surface area contributed by atoms with Crippen LogP contribution in [-0.2, 0) is 18.3 Å². The van der Waals surface area contributed by atoms with Crippen LogP contribution in [0.1, 0.15) is 35.8 Å². The maximum absolute atomic E-state index is 11.9. The summed E-state index contributed by atoms with van der Waals surface area (Å²) in [5, 5.41) is 7.60. The summed E-state index contributed by atoms with van der Waals surface area (Å²) < 4.78 is 6.85. The van der Waals surface area contributed by atoms with Crippen molar-refractivity contribution in [2.24, 2.45) is 7.05 Å². The van der Waals surface area contributed by atoms with Gasteiger partial charge in [-0.1, -0.05) is 0 Å². The summed E-state index contributed by atoms with van der Waals surface area (Å²) in [7, 11) is 3.96. The first-order chi connectivity index (χ1) is 9.63. The number of piperidine rings is 1. The maximum atomic E-state index is 11.9. The molecule has 1 saturated heterocycles. The van der Waals surface area contributed by atoms with Crippen LogP contribution in [0.25, 0.3) is 0 Å². The number of rotatable bonds is 5. The average Bonchev–Trinajstić information content (AvgIpc) is 2.81. The molecule has 0 radical (unpaired) electrons. The van der Waals surface area contributed by atoms with E-state index in [1.807, 2.05) is 14.0 Å². The zero-order chi connectivity index (χ0) is 14.5. The summed E-state index contributed by atoms with van der Waals surface area (Å²) in [4.78, 5) is 14.2. The fourth-order valence-corrected chi connectivity index (χ4v) is 2.60.